The van der Waals surface area contributed by atoms with E-state index in [1.807, 2.05) is 0 Å². The summed E-state index contributed by atoms with van der Waals surface area (Å²) in [7, 11) is 0. The van der Waals surface area contributed by atoms with Crippen molar-refractivity contribution in [2.45, 2.75) is 19.6 Å². The number of ether oxygens (including phenoxy) is 1. The van der Waals surface area contributed by atoms with Gasteiger partial charge >= 0.3 is 11.7 Å². The van der Waals surface area contributed by atoms with Crippen LogP contribution < -0.4 is 15.8 Å². The first-order valence-electron chi connectivity index (χ1n) is 5.50. The first kappa shape index (κ1) is 15.4. The molecule has 4 N–H and O–H groups in total. The summed E-state index contributed by atoms with van der Waals surface area (Å²) in [4.78, 5) is 32.1. The lowest BCUT2D eigenvalue weighted by Gasteiger charge is -2.14. The van der Waals surface area contributed by atoms with Gasteiger partial charge in [0.25, 0.3) is 5.91 Å². The fraction of sp³-hybridized carbons (Fsp3) is 0.273. The van der Waals surface area contributed by atoms with E-state index in [2.05, 4.69) is 0 Å². The van der Waals surface area contributed by atoms with Gasteiger partial charge in [-0.3, -0.25) is 20.2 Å². The van der Waals surface area contributed by atoms with Gasteiger partial charge in [0.15, 0.2) is 11.9 Å². The number of imide groups is 1. The number of nitro groups is 1. The normalized spacial score (nSPS) is 11.5. The number of carbonyl (C=O) groups is 2. The molecular formula is C11H13N3O6. The number of carbonyl (C=O) groups excluding carboxylic acids is 2. The summed E-state index contributed by atoms with van der Waals surface area (Å²) in [5, 5.41) is 21.6. The molecular weight excluding hydrogens is 270 g/mol. The fourth-order valence-electron chi connectivity index (χ4n) is 1.37. The zero-order chi connectivity index (χ0) is 15.3. The van der Waals surface area contributed by atoms with Gasteiger partial charge in [0.1, 0.15) is 0 Å². The molecule has 1 aromatic carbocycles. The monoisotopic (exact) mass is 283 g/mol. The molecule has 9 heteroatoms. The number of benzene rings is 1. The second-order valence-corrected chi connectivity index (χ2v) is 3.83. The summed E-state index contributed by atoms with van der Waals surface area (Å²) in [6.07, 6.45) is -1.17. The van der Waals surface area contributed by atoms with Crippen molar-refractivity contribution < 1.29 is 24.4 Å². The van der Waals surface area contributed by atoms with Crippen LogP contribution in [-0.2, 0) is 11.4 Å². The van der Waals surface area contributed by atoms with E-state index in [9.17, 15) is 19.7 Å². The van der Waals surface area contributed by atoms with Crippen molar-refractivity contribution in [1.29, 1.82) is 0 Å². The van der Waals surface area contributed by atoms with E-state index in [1.165, 1.54) is 19.1 Å². The Hall–Kier alpha value is -2.68. The van der Waals surface area contributed by atoms with Crippen LogP contribution in [0.15, 0.2) is 18.2 Å². The molecule has 1 atom stereocenters. The molecule has 0 radical (unpaired) electrons. The lowest BCUT2D eigenvalue weighted by Crippen LogP contribution is -2.42. The lowest BCUT2D eigenvalue weighted by atomic mass is 10.2. The molecule has 0 saturated heterocycles. The number of nitro benzene ring substituents is 1. The molecule has 0 spiro atoms. The Morgan fingerprint density at radius 3 is 2.70 bits per heavy atom. The van der Waals surface area contributed by atoms with Gasteiger partial charge < -0.3 is 15.6 Å². The summed E-state index contributed by atoms with van der Waals surface area (Å²) < 4.78 is 5.14. The molecule has 0 heterocycles. The van der Waals surface area contributed by atoms with Crippen molar-refractivity contribution in [2.24, 2.45) is 5.73 Å². The second kappa shape index (κ2) is 6.48. The van der Waals surface area contributed by atoms with Crippen molar-refractivity contribution in [3.05, 3.63) is 33.9 Å². The minimum absolute atomic E-state index is 0.186. The molecule has 20 heavy (non-hydrogen) atoms. The van der Waals surface area contributed by atoms with Crippen LogP contribution in [0.1, 0.15) is 12.5 Å². The molecule has 1 rings (SSSR count). The van der Waals surface area contributed by atoms with E-state index in [1.54, 1.807) is 5.32 Å². The van der Waals surface area contributed by atoms with E-state index in [0.717, 1.165) is 6.07 Å². The van der Waals surface area contributed by atoms with Gasteiger partial charge in [-0.1, -0.05) is 0 Å². The Morgan fingerprint density at radius 1 is 1.55 bits per heavy atom. The van der Waals surface area contributed by atoms with Gasteiger partial charge in [0.2, 0.25) is 0 Å². The third-order valence-electron chi connectivity index (χ3n) is 2.32. The molecule has 0 aliphatic rings. The predicted molar refractivity (Wildman–Crippen MR) is 66.8 cm³/mol. The standard InChI is InChI=1S/C11H13N3O6/c1-6(10(16)13-11(12)17)20-9-4-7(5-15)2-3-8(9)14(18)19/h2-4,6,15H,5H2,1H3,(H3,12,13,16,17). The Bertz CT molecular complexity index is 545. The number of rotatable bonds is 5. The Kier molecular flexibility index (Phi) is 4.98. The summed E-state index contributed by atoms with van der Waals surface area (Å²) in [6.45, 7) is 0.962. The number of nitrogens with zero attached hydrogens (tertiary/aromatic N) is 1. The SMILES string of the molecule is CC(Oc1cc(CO)ccc1[N+](=O)[O-])C(=O)NC(N)=O. The maximum atomic E-state index is 11.4. The average Bonchev–Trinajstić information content (AvgIpc) is 2.37. The number of nitrogens with two attached hydrogens (primary N) is 1. The zero-order valence-corrected chi connectivity index (χ0v) is 10.5. The largest absolute Gasteiger partial charge is 0.474 e. The van der Waals surface area contributed by atoms with E-state index in [4.69, 9.17) is 15.6 Å². The summed E-state index contributed by atoms with van der Waals surface area (Å²) >= 11 is 0. The highest BCUT2D eigenvalue weighted by Crippen LogP contribution is 2.28. The van der Waals surface area contributed by atoms with Crippen LogP contribution in [0, 0.1) is 10.1 Å². The van der Waals surface area contributed by atoms with Crippen molar-refractivity contribution in [3.63, 3.8) is 0 Å². The van der Waals surface area contributed by atoms with E-state index >= 15 is 0 Å². The van der Waals surface area contributed by atoms with Crippen LogP contribution in [0.3, 0.4) is 0 Å². The Balaban J connectivity index is 2.97. The number of hydrogen-bond donors (Lipinski definition) is 3. The minimum atomic E-state index is -1.17. The third-order valence-corrected chi connectivity index (χ3v) is 2.32. The Labute approximate surface area is 113 Å². The van der Waals surface area contributed by atoms with Crippen molar-refractivity contribution in [1.82, 2.24) is 5.32 Å². The minimum Gasteiger partial charge on any atom is -0.474 e. The Morgan fingerprint density at radius 2 is 2.20 bits per heavy atom. The van der Waals surface area contributed by atoms with Crippen LogP contribution in [-0.4, -0.2) is 28.1 Å². The lowest BCUT2D eigenvalue weighted by molar-refractivity contribution is -0.386. The van der Waals surface area contributed by atoms with E-state index < -0.39 is 23.0 Å². The van der Waals surface area contributed by atoms with Crippen molar-refractivity contribution >= 4 is 17.6 Å². The van der Waals surface area contributed by atoms with Crippen LogP contribution in [0.5, 0.6) is 5.75 Å². The summed E-state index contributed by atoms with van der Waals surface area (Å²) in [6, 6.07) is 2.70. The number of hydrogen-bond acceptors (Lipinski definition) is 6. The van der Waals surface area contributed by atoms with Crippen molar-refractivity contribution in [2.75, 3.05) is 0 Å². The molecule has 1 unspecified atom stereocenters. The third kappa shape index (κ3) is 3.92. The maximum absolute atomic E-state index is 11.4. The molecule has 1 aromatic rings. The topological polar surface area (TPSA) is 145 Å². The molecule has 0 saturated carbocycles. The van der Waals surface area contributed by atoms with E-state index in [0.29, 0.717) is 5.56 Å². The molecule has 108 valence electrons. The summed E-state index contributed by atoms with van der Waals surface area (Å²) in [5.74, 6) is -1.02. The second-order valence-electron chi connectivity index (χ2n) is 3.83. The van der Waals surface area contributed by atoms with Gasteiger partial charge in [-0.05, 0) is 24.6 Å². The summed E-state index contributed by atoms with van der Waals surface area (Å²) in [5.41, 5.74) is 4.80. The molecule has 0 aliphatic heterocycles. The van der Waals surface area contributed by atoms with Crippen LogP contribution in [0.2, 0.25) is 0 Å². The predicted octanol–water partition coefficient (Wildman–Crippen LogP) is 0.0493. The number of nitrogens with one attached hydrogen (secondary N) is 1. The van der Waals surface area contributed by atoms with Crippen LogP contribution >= 0.6 is 0 Å². The molecule has 0 aromatic heterocycles. The molecule has 9 nitrogen and oxygen atoms in total. The molecule has 0 aliphatic carbocycles. The molecule has 3 amide bonds. The molecule has 0 fully saturated rings. The van der Waals surface area contributed by atoms with Gasteiger partial charge in [-0.15, -0.1) is 0 Å². The van der Waals surface area contributed by atoms with Gasteiger partial charge in [0, 0.05) is 6.07 Å². The number of urea groups is 1. The number of primary amides is 1. The highest BCUT2D eigenvalue weighted by molar-refractivity contribution is 5.95. The maximum Gasteiger partial charge on any atom is 0.318 e. The van der Waals surface area contributed by atoms with Gasteiger partial charge in [0.05, 0.1) is 11.5 Å². The first-order chi connectivity index (χ1) is 9.35. The van der Waals surface area contributed by atoms with E-state index in [-0.39, 0.29) is 18.0 Å². The van der Waals surface area contributed by atoms with Gasteiger partial charge in [-0.2, -0.15) is 0 Å². The number of aliphatic hydroxyl groups is 1. The van der Waals surface area contributed by atoms with Crippen molar-refractivity contribution in [3.8, 4) is 5.75 Å². The zero-order valence-electron chi connectivity index (χ0n) is 10.5. The fourth-order valence-corrected chi connectivity index (χ4v) is 1.37. The number of aliphatic hydroxyl groups excluding tert-OH is 1. The molecule has 0 bridgehead atoms. The average molecular weight is 283 g/mol. The number of amides is 3. The highest BCUT2D eigenvalue weighted by atomic mass is 16.6. The quantitative estimate of drug-likeness (QED) is 0.514. The van der Waals surface area contributed by atoms with Gasteiger partial charge in [-0.25, -0.2) is 4.79 Å². The van der Waals surface area contributed by atoms with Crippen LogP contribution in [0.25, 0.3) is 0 Å². The first-order valence-corrected chi connectivity index (χ1v) is 5.50. The van der Waals surface area contributed by atoms with Crippen LogP contribution in [0.4, 0.5) is 10.5 Å². The highest BCUT2D eigenvalue weighted by Gasteiger charge is 2.22. The smallest absolute Gasteiger partial charge is 0.318 e.